The van der Waals surface area contributed by atoms with E-state index < -0.39 is 5.82 Å². The quantitative estimate of drug-likeness (QED) is 0.209. The van der Waals surface area contributed by atoms with E-state index in [-0.39, 0.29) is 17.5 Å². The molecule has 0 aliphatic heterocycles. The van der Waals surface area contributed by atoms with Crippen molar-refractivity contribution in [3.8, 4) is 0 Å². The lowest BCUT2D eigenvalue weighted by molar-refractivity contribution is 0.0938. The Labute approximate surface area is 224 Å². The van der Waals surface area contributed by atoms with Crippen molar-refractivity contribution in [2.45, 2.75) is 55.6 Å². The average Bonchev–Trinajstić information content (AvgIpc) is 3.41. The smallest absolute Gasteiger partial charge is 0.262 e. The second-order valence-corrected chi connectivity index (χ2v) is 10.6. The Bertz CT molecular complexity index is 1490. The van der Waals surface area contributed by atoms with E-state index in [1.54, 1.807) is 28.8 Å². The maximum atomic E-state index is 13.6. The minimum absolute atomic E-state index is 0.142. The molecule has 1 N–H and O–H groups in total. The summed E-state index contributed by atoms with van der Waals surface area (Å²) >= 11 is 7.61. The number of fused-ring (bicyclic) bond motifs is 1. The first-order chi connectivity index (χ1) is 18.0. The molecule has 5 nitrogen and oxygen atoms in total. The van der Waals surface area contributed by atoms with Crippen LogP contribution in [0.5, 0.6) is 0 Å². The first-order valence-corrected chi connectivity index (χ1v) is 13.8. The van der Waals surface area contributed by atoms with Gasteiger partial charge in [0, 0.05) is 28.9 Å². The molecule has 3 aromatic carbocycles. The molecule has 1 fully saturated rings. The molecule has 0 spiro atoms. The molecule has 0 saturated heterocycles. The highest BCUT2D eigenvalue weighted by Gasteiger charge is 2.19. The molecular formula is C29H27ClFN3O2S. The Morgan fingerprint density at radius 2 is 1.86 bits per heavy atom. The first-order valence-electron chi connectivity index (χ1n) is 12.4. The van der Waals surface area contributed by atoms with Crippen LogP contribution in [0.15, 0.2) is 76.7 Å². The van der Waals surface area contributed by atoms with Crippen LogP contribution in [-0.2, 0) is 18.7 Å². The van der Waals surface area contributed by atoms with Gasteiger partial charge in [-0.25, -0.2) is 9.37 Å². The van der Waals surface area contributed by atoms with Crippen LogP contribution in [0.2, 0.25) is 5.02 Å². The number of carbonyl (C=O) groups excluding carboxylic acids is 1. The monoisotopic (exact) mass is 535 g/mol. The summed E-state index contributed by atoms with van der Waals surface area (Å²) in [7, 11) is 0. The third-order valence-electron chi connectivity index (χ3n) is 6.71. The second kappa shape index (κ2) is 11.5. The summed E-state index contributed by atoms with van der Waals surface area (Å²) in [5, 5.41) is 4.42. The zero-order valence-electron chi connectivity index (χ0n) is 20.3. The van der Waals surface area contributed by atoms with Crippen molar-refractivity contribution in [1.82, 2.24) is 14.9 Å². The first kappa shape index (κ1) is 25.5. The van der Waals surface area contributed by atoms with Gasteiger partial charge in [0.05, 0.1) is 10.9 Å². The Kier molecular flexibility index (Phi) is 7.91. The summed E-state index contributed by atoms with van der Waals surface area (Å²) in [6.07, 6.45) is 4.92. The number of amides is 1. The molecule has 0 radical (unpaired) electrons. The Morgan fingerprint density at radius 1 is 1.08 bits per heavy atom. The third-order valence-corrected chi connectivity index (χ3v) is 8.09. The van der Waals surface area contributed by atoms with Gasteiger partial charge in [-0.15, -0.1) is 0 Å². The lowest BCUT2D eigenvalue weighted by atomic mass is 10.1. The number of hydrogen-bond acceptors (Lipinski definition) is 4. The largest absolute Gasteiger partial charge is 0.349 e. The van der Waals surface area contributed by atoms with E-state index in [0.29, 0.717) is 45.4 Å². The minimum Gasteiger partial charge on any atom is -0.349 e. The molecule has 37 heavy (non-hydrogen) atoms. The predicted molar refractivity (Wildman–Crippen MR) is 147 cm³/mol. The van der Waals surface area contributed by atoms with Gasteiger partial charge in [0.25, 0.3) is 11.5 Å². The number of carbonyl (C=O) groups is 1. The number of nitrogens with zero attached hydrogens (tertiary/aromatic N) is 2. The fourth-order valence-electron chi connectivity index (χ4n) is 4.65. The lowest BCUT2D eigenvalue weighted by Gasteiger charge is -2.15. The molecule has 8 heteroatoms. The van der Waals surface area contributed by atoms with Crippen LogP contribution in [0.3, 0.4) is 0 Å². The van der Waals surface area contributed by atoms with Gasteiger partial charge in [-0.1, -0.05) is 72.6 Å². The van der Waals surface area contributed by atoms with Crippen LogP contribution in [-0.4, -0.2) is 21.5 Å². The van der Waals surface area contributed by atoms with Gasteiger partial charge in [0.15, 0.2) is 5.16 Å². The molecule has 4 aromatic rings. The predicted octanol–water partition coefficient (Wildman–Crippen LogP) is 6.40. The highest BCUT2D eigenvalue weighted by molar-refractivity contribution is 7.98. The van der Waals surface area contributed by atoms with Crippen LogP contribution in [0.1, 0.15) is 47.2 Å². The Hall–Kier alpha value is -3.16. The highest BCUT2D eigenvalue weighted by atomic mass is 35.5. The van der Waals surface area contributed by atoms with Crippen LogP contribution in [0.25, 0.3) is 10.9 Å². The number of nitrogens with one attached hydrogen (secondary N) is 1. The van der Waals surface area contributed by atoms with Crippen molar-refractivity contribution in [2.75, 3.05) is 0 Å². The number of aryl methyl sites for hydroxylation is 1. The summed E-state index contributed by atoms with van der Waals surface area (Å²) in [6.45, 7) is 0.454. The summed E-state index contributed by atoms with van der Waals surface area (Å²) in [5.74, 6) is -0.119. The molecule has 1 amide bonds. The number of halogens is 2. The van der Waals surface area contributed by atoms with Crippen molar-refractivity contribution in [1.29, 1.82) is 0 Å². The topological polar surface area (TPSA) is 64.0 Å². The van der Waals surface area contributed by atoms with E-state index in [1.165, 1.54) is 23.9 Å². The van der Waals surface area contributed by atoms with Crippen LogP contribution in [0, 0.1) is 5.82 Å². The number of hydrogen-bond donors (Lipinski definition) is 1. The molecule has 1 aromatic heterocycles. The van der Waals surface area contributed by atoms with Gasteiger partial charge >= 0.3 is 0 Å². The summed E-state index contributed by atoms with van der Waals surface area (Å²) in [5.41, 5.74) is 2.68. The maximum absolute atomic E-state index is 13.6. The fraction of sp³-hybridized carbons (Fsp3) is 0.276. The standard InChI is InChI=1S/C29H27ClFN3O2S/c30-25-17-22(31)12-10-21(25)18-37-29-33-26-16-20(27(35)32-23-8-4-5-9-23)11-13-24(26)28(36)34(29)15-14-19-6-2-1-3-7-19/h1-3,6-7,10-13,16-17,23H,4-5,8-9,14-15,18H2,(H,32,35). The molecule has 5 rings (SSSR count). The molecule has 190 valence electrons. The Balaban J connectivity index is 1.47. The van der Waals surface area contributed by atoms with Gasteiger partial charge in [-0.2, -0.15) is 0 Å². The van der Waals surface area contributed by atoms with Crippen molar-refractivity contribution in [3.05, 3.63) is 105 Å². The number of thioether (sulfide) groups is 1. The van der Waals surface area contributed by atoms with Gasteiger partial charge < -0.3 is 5.32 Å². The van der Waals surface area contributed by atoms with E-state index >= 15 is 0 Å². The number of benzene rings is 3. The molecule has 0 atom stereocenters. The number of rotatable bonds is 8. The third kappa shape index (κ3) is 6.05. The summed E-state index contributed by atoms with van der Waals surface area (Å²) in [4.78, 5) is 31.2. The lowest BCUT2D eigenvalue weighted by Crippen LogP contribution is -2.32. The van der Waals surface area contributed by atoms with Crippen LogP contribution in [0.4, 0.5) is 4.39 Å². The molecular weight excluding hydrogens is 509 g/mol. The van der Waals surface area contributed by atoms with Crippen molar-refractivity contribution < 1.29 is 9.18 Å². The number of aromatic nitrogens is 2. The van der Waals surface area contributed by atoms with E-state index in [2.05, 4.69) is 5.32 Å². The van der Waals surface area contributed by atoms with Gasteiger partial charge in [0.1, 0.15) is 5.82 Å². The summed E-state index contributed by atoms with van der Waals surface area (Å²) in [6, 6.07) is 19.5. The van der Waals surface area contributed by atoms with Gasteiger partial charge in [-0.3, -0.25) is 14.2 Å². The van der Waals surface area contributed by atoms with Crippen molar-refractivity contribution in [3.63, 3.8) is 0 Å². The van der Waals surface area contributed by atoms with Gasteiger partial charge in [0.2, 0.25) is 0 Å². The molecule has 1 heterocycles. The van der Waals surface area contributed by atoms with Gasteiger partial charge in [-0.05, 0) is 60.7 Å². The van der Waals surface area contributed by atoms with Crippen LogP contribution < -0.4 is 10.9 Å². The summed E-state index contributed by atoms with van der Waals surface area (Å²) < 4.78 is 15.2. The molecule has 0 unspecified atom stereocenters. The van der Waals surface area contributed by atoms with E-state index in [4.69, 9.17) is 16.6 Å². The van der Waals surface area contributed by atoms with E-state index in [0.717, 1.165) is 36.8 Å². The molecule has 1 aliphatic carbocycles. The van der Waals surface area contributed by atoms with E-state index in [1.807, 2.05) is 30.3 Å². The zero-order valence-corrected chi connectivity index (χ0v) is 21.8. The SMILES string of the molecule is O=C(NC1CCCC1)c1ccc2c(=O)n(CCc3ccccc3)c(SCc3ccc(F)cc3Cl)nc2c1. The van der Waals surface area contributed by atoms with E-state index in [9.17, 15) is 14.0 Å². The second-order valence-electron chi connectivity index (χ2n) is 9.30. The zero-order chi connectivity index (χ0) is 25.8. The molecule has 1 saturated carbocycles. The highest BCUT2D eigenvalue weighted by Crippen LogP contribution is 2.27. The minimum atomic E-state index is -0.397. The maximum Gasteiger partial charge on any atom is 0.262 e. The molecule has 1 aliphatic rings. The average molecular weight is 536 g/mol. The fourth-order valence-corrected chi connectivity index (χ4v) is 6.00. The van der Waals surface area contributed by atoms with Crippen LogP contribution >= 0.6 is 23.4 Å². The van der Waals surface area contributed by atoms with Crippen molar-refractivity contribution >= 4 is 40.2 Å². The normalized spacial score (nSPS) is 13.8. The molecule has 0 bridgehead atoms. The van der Waals surface area contributed by atoms with Crippen molar-refractivity contribution in [2.24, 2.45) is 0 Å². The Morgan fingerprint density at radius 3 is 2.62 bits per heavy atom.